The Balaban J connectivity index is 1.36. The molecule has 0 saturated heterocycles. The van der Waals surface area contributed by atoms with E-state index < -0.39 is 0 Å². The molecule has 0 radical (unpaired) electrons. The van der Waals surface area contributed by atoms with Gasteiger partial charge in [0.2, 0.25) is 0 Å². The number of unbranched alkanes of at least 4 members (excludes halogenated alkanes) is 3. The summed E-state index contributed by atoms with van der Waals surface area (Å²) in [7, 11) is 0. The summed E-state index contributed by atoms with van der Waals surface area (Å²) in [5.41, 5.74) is 0. The van der Waals surface area contributed by atoms with Crippen molar-refractivity contribution in [3.63, 3.8) is 0 Å². The first-order valence-electron chi connectivity index (χ1n) is 12.5. The maximum atomic E-state index is 10.4. The monoisotopic (exact) mass is 396 g/mol. The van der Waals surface area contributed by atoms with Gasteiger partial charge in [-0.3, -0.25) is 0 Å². The minimum atomic E-state index is -0.151. The molecule has 0 aromatic rings. The molecule has 2 aliphatic carbocycles. The van der Waals surface area contributed by atoms with Crippen molar-refractivity contribution in [2.24, 2.45) is 11.8 Å². The predicted octanol–water partition coefficient (Wildman–Crippen LogP) is 4.39. The Morgan fingerprint density at radius 2 is 0.893 bits per heavy atom. The third kappa shape index (κ3) is 10.6. The molecule has 0 aliphatic heterocycles. The van der Waals surface area contributed by atoms with E-state index in [1.54, 1.807) is 0 Å². The minimum Gasteiger partial charge on any atom is -0.392 e. The van der Waals surface area contributed by atoms with Crippen molar-refractivity contribution in [3.05, 3.63) is 0 Å². The highest BCUT2D eigenvalue weighted by molar-refractivity contribution is 4.75. The third-order valence-corrected chi connectivity index (χ3v) is 7.05. The molecule has 4 nitrogen and oxygen atoms in total. The second-order valence-electron chi connectivity index (χ2n) is 9.46. The van der Waals surface area contributed by atoms with Gasteiger partial charge in [-0.15, -0.1) is 0 Å². The lowest BCUT2D eigenvalue weighted by molar-refractivity contribution is 0.0969. The highest BCUT2D eigenvalue weighted by Gasteiger charge is 2.21. The van der Waals surface area contributed by atoms with Crippen LogP contribution in [-0.2, 0) is 0 Å². The second-order valence-corrected chi connectivity index (χ2v) is 9.46. The molecule has 2 saturated carbocycles. The minimum absolute atomic E-state index is 0.151. The number of rotatable bonds is 13. The normalized spacial score (nSPS) is 22.5. The van der Waals surface area contributed by atoms with Crippen LogP contribution in [0.25, 0.3) is 0 Å². The summed E-state index contributed by atoms with van der Waals surface area (Å²) in [6.07, 6.45) is 20.0. The van der Waals surface area contributed by atoms with E-state index in [1.165, 1.54) is 103 Å². The van der Waals surface area contributed by atoms with Crippen LogP contribution in [0, 0.1) is 11.8 Å². The van der Waals surface area contributed by atoms with Crippen molar-refractivity contribution in [2.75, 3.05) is 26.2 Å². The van der Waals surface area contributed by atoms with Crippen molar-refractivity contribution < 1.29 is 10.2 Å². The quantitative estimate of drug-likeness (QED) is 0.275. The molecule has 0 heterocycles. The molecule has 2 rings (SSSR count). The Morgan fingerprint density at radius 3 is 1.25 bits per heavy atom. The maximum absolute atomic E-state index is 10.4. The van der Waals surface area contributed by atoms with Crippen molar-refractivity contribution in [1.82, 2.24) is 10.6 Å². The second kappa shape index (κ2) is 15.6. The van der Waals surface area contributed by atoms with Gasteiger partial charge in [0.25, 0.3) is 0 Å². The average Bonchev–Trinajstić information content (AvgIpc) is 3.14. The Morgan fingerprint density at radius 1 is 0.536 bits per heavy atom. The highest BCUT2D eigenvalue weighted by Crippen LogP contribution is 2.26. The van der Waals surface area contributed by atoms with Crippen LogP contribution in [-0.4, -0.2) is 48.6 Å². The summed E-state index contributed by atoms with van der Waals surface area (Å²) in [5.74, 6) is 1.05. The smallest absolute Gasteiger partial charge is 0.0692 e. The lowest BCUT2D eigenvalue weighted by atomic mass is 9.94. The van der Waals surface area contributed by atoms with E-state index in [0.29, 0.717) is 11.8 Å². The Labute approximate surface area is 174 Å². The molecule has 2 aliphatic rings. The molecule has 0 amide bonds. The van der Waals surface area contributed by atoms with Crippen LogP contribution in [0.3, 0.4) is 0 Å². The van der Waals surface area contributed by atoms with E-state index in [2.05, 4.69) is 10.6 Å². The third-order valence-electron chi connectivity index (χ3n) is 7.05. The van der Waals surface area contributed by atoms with Crippen LogP contribution in [0.15, 0.2) is 0 Å². The summed E-state index contributed by atoms with van der Waals surface area (Å²) in [4.78, 5) is 0. The Bertz CT molecular complexity index is 317. The van der Waals surface area contributed by atoms with Crippen LogP contribution >= 0.6 is 0 Å². The van der Waals surface area contributed by atoms with Crippen LogP contribution in [0.4, 0.5) is 0 Å². The Kier molecular flexibility index (Phi) is 13.5. The summed E-state index contributed by atoms with van der Waals surface area (Å²) in [6, 6.07) is 0. The molecule has 28 heavy (non-hydrogen) atoms. The maximum Gasteiger partial charge on any atom is 0.0692 e. The standard InChI is InChI=1S/C24H48N2O2/c27-23(21-13-7-1-2-8-14-21)19-25-17-11-5-6-12-18-26-20-24(28)22-15-9-3-4-10-16-22/h21-28H,1-20H2. The van der Waals surface area contributed by atoms with Gasteiger partial charge in [-0.2, -0.15) is 0 Å². The van der Waals surface area contributed by atoms with Gasteiger partial charge in [0.1, 0.15) is 0 Å². The zero-order valence-corrected chi connectivity index (χ0v) is 18.3. The zero-order chi connectivity index (χ0) is 19.9. The SMILES string of the molecule is OC(CNCCCCCCNCC(O)C1CCCCCC1)C1CCCCCC1. The molecule has 2 unspecified atom stereocenters. The Hall–Kier alpha value is -0.160. The summed E-state index contributed by atoms with van der Waals surface area (Å²) in [6.45, 7) is 3.59. The molecule has 166 valence electrons. The number of aliphatic hydroxyl groups excluding tert-OH is 2. The van der Waals surface area contributed by atoms with Gasteiger partial charge in [-0.25, -0.2) is 0 Å². The van der Waals surface area contributed by atoms with Gasteiger partial charge in [0, 0.05) is 13.1 Å². The van der Waals surface area contributed by atoms with Gasteiger partial charge in [-0.1, -0.05) is 64.2 Å². The van der Waals surface area contributed by atoms with E-state index in [0.717, 1.165) is 26.2 Å². The van der Waals surface area contributed by atoms with E-state index in [1.807, 2.05) is 0 Å². The molecule has 0 aromatic heterocycles. The number of hydrogen-bond acceptors (Lipinski definition) is 4. The molecule has 2 atom stereocenters. The molecule has 4 N–H and O–H groups in total. The van der Waals surface area contributed by atoms with Crippen LogP contribution in [0.5, 0.6) is 0 Å². The lowest BCUT2D eigenvalue weighted by Crippen LogP contribution is -2.33. The van der Waals surface area contributed by atoms with Gasteiger partial charge in [0.15, 0.2) is 0 Å². The molecule has 0 aromatic carbocycles. The average molecular weight is 397 g/mol. The van der Waals surface area contributed by atoms with E-state index >= 15 is 0 Å². The van der Waals surface area contributed by atoms with E-state index in [9.17, 15) is 10.2 Å². The molecule has 4 heteroatoms. The van der Waals surface area contributed by atoms with Crippen molar-refractivity contribution in [3.8, 4) is 0 Å². The molecule has 0 bridgehead atoms. The molecule has 0 spiro atoms. The van der Waals surface area contributed by atoms with E-state index in [4.69, 9.17) is 0 Å². The van der Waals surface area contributed by atoms with Crippen molar-refractivity contribution in [2.45, 2.75) is 115 Å². The van der Waals surface area contributed by atoms with Crippen LogP contribution in [0.2, 0.25) is 0 Å². The van der Waals surface area contributed by atoms with Crippen molar-refractivity contribution in [1.29, 1.82) is 0 Å². The summed E-state index contributed by atoms with van der Waals surface area (Å²) in [5, 5.41) is 27.6. The first-order chi connectivity index (χ1) is 13.8. The summed E-state index contributed by atoms with van der Waals surface area (Å²) < 4.78 is 0. The van der Waals surface area contributed by atoms with Gasteiger partial charge < -0.3 is 20.8 Å². The van der Waals surface area contributed by atoms with Crippen LogP contribution < -0.4 is 10.6 Å². The molecule has 2 fully saturated rings. The summed E-state index contributed by atoms with van der Waals surface area (Å²) >= 11 is 0. The molecular weight excluding hydrogens is 348 g/mol. The van der Waals surface area contributed by atoms with Crippen molar-refractivity contribution >= 4 is 0 Å². The van der Waals surface area contributed by atoms with Gasteiger partial charge in [0.05, 0.1) is 12.2 Å². The zero-order valence-electron chi connectivity index (χ0n) is 18.3. The number of nitrogens with one attached hydrogen (secondary N) is 2. The van der Waals surface area contributed by atoms with Gasteiger partial charge in [-0.05, 0) is 63.5 Å². The fraction of sp³-hybridized carbons (Fsp3) is 1.00. The highest BCUT2D eigenvalue weighted by atomic mass is 16.3. The van der Waals surface area contributed by atoms with E-state index in [-0.39, 0.29) is 12.2 Å². The first kappa shape index (κ1) is 24.1. The fourth-order valence-corrected chi connectivity index (χ4v) is 5.08. The molecular formula is C24H48N2O2. The fourth-order valence-electron chi connectivity index (χ4n) is 5.08. The number of aliphatic hydroxyl groups is 2. The largest absolute Gasteiger partial charge is 0.392 e. The first-order valence-corrected chi connectivity index (χ1v) is 12.5. The predicted molar refractivity (Wildman–Crippen MR) is 119 cm³/mol. The van der Waals surface area contributed by atoms with Gasteiger partial charge >= 0.3 is 0 Å². The lowest BCUT2D eigenvalue weighted by Gasteiger charge is -2.21. The number of hydrogen-bond donors (Lipinski definition) is 4. The topological polar surface area (TPSA) is 64.5 Å². The van der Waals surface area contributed by atoms with Crippen LogP contribution in [0.1, 0.15) is 103 Å².